The molecule has 3 nitrogen and oxygen atoms in total. The highest BCUT2D eigenvalue weighted by Gasteiger charge is 2.43. The topological polar surface area (TPSA) is 32.7 Å². The molecule has 0 fully saturated rings. The Hall–Kier alpha value is -1.91. The Balaban J connectivity index is 1.53. The van der Waals surface area contributed by atoms with Crippen LogP contribution in [0.1, 0.15) is 69.1 Å². The number of ether oxygens (including phenoxy) is 1. The van der Waals surface area contributed by atoms with Crippen molar-refractivity contribution in [1.29, 1.82) is 0 Å². The van der Waals surface area contributed by atoms with E-state index in [-0.39, 0.29) is 11.7 Å². The molecule has 2 atom stereocenters. The lowest BCUT2D eigenvalue weighted by atomic mass is 9.66. The summed E-state index contributed by atoms with van der Waals surface area (Å²) in [6, 6.07) is 13.5. The van der Waals surface area contributed by atoms with Gasteiger partial charge in [0.1, 0.15) is 11.6 Å². The standard InChI is InChI=1S/C28H40FNO2/c1-5-6-19-32-25-10-7-22(8-11-25)14-17-30(4)18-16-28(31)15-13-23-20-24(29)9-12-26(23)27(28)21(2)3/h7-12,20-21,27,31H,5-6,13-19H2,1-4H3/t27-,28-/m0/s1. The lowest BCUT2D eigenvalue weighted by molar-refractivity contribution is -0.0300. The van der Waals surface area contributed by atoms with E-state index in [0.29, 0.717) is 12.3 Å². The van der Waals surface area contributed by atoms with Gasteiger partial charge in [0.05, 0.1) is 12.2 Å². The van der Waals surface area contributed by atoms with E-state index in [2.05, 4.69) is 57.0 Å². The van der Waals surface area contributed by atoms with Crippen LogP contribution in [-0.2, 0) is 12.8 Å². The average molecular weight is 442 g/mol. The van der Waals surface area contributed by atoms with Crippen LogP contribution in [0.15, 0.2) is 42.5 Å². The summed E-state index contributed by atoms with van der Waals surface area (Å²) in [6.45, 7) is 9.05. The van der Waals surface area contributed by atoms with Gasteiger partial charge < -0.3 is 14.7 Å². The van der Waals surface area contributed by atoms with Crippen LogP contribution >= 0.6 is 0 Å². The van der Waals surface area contributed by atoms with Crippen molar-refractivity contribution in [2.24, 2.45) is 5.92 Å². The van der Waals surface area contributed by atoms with Crippen molar-refractivity contribution in [3.05, 3.63) is 65.0 Å². The summed E-state index contributed by atoms with van der Waals surface area (Å²) in [5.41, 5.74) is 2.74. The minimum absolute atomic E-state index is 0.0421. The van der Waals surface area contributed by atoms with E-state index in [1.165, 1.54) is 11.6 Å². The van der Waals surface area contributed by atoms with E-state index in [1.54, 1.807) is 6.07 Å². The van der Waals surface area contributed by atoms with Crippen LogP contribution in [-0.4, -0.2) is 42.4 Å². The first-order valence-corrected chi connectivity index (χ1v) is 12.2. The number of nitrogens with zero attached hydrogens (tertiary/aromatic N) is 1. The Bertz CT molecular complexity index is 851. The molecule has 0 unspecified atom stereocenters. The Morgan fingerprint density at radius 2 is 1.91 bits per heavy atom. The molecule has 2 aromatic rings. The van der Waals surface area contributed by atoms with Crippen LogP contribution in [0, 0.1) is 11.7 Å². The fraction of sp³-hybridized carbons (Fsp3) is 0.571. The Morgan fingerprint density at radius 1 is 1.16 bits per heavy atom. The number of benzene rings is 2. The molecule has 0 saturated carbocycles. The van der Waals surface area contributed by atoms with Gasteiger partial charge >= 0.3 is 0 Å². The van der Waals surface area contributed by atoms with Gasteiger partial charge in [0.2, 0.25) is 0 Å². The zero-order valence-corrected chi connectivity index (χ0v) is 20.2. The number of likely N-dealkylation sites (N-methyl/N-ethyl adjacent to an activating group) is 1. The van der Waals surface area contributed by atoms with Gasteiger partial charge in [-0.3, -0.25) is 0 Å². The maximum absolute atomic E-state index is 13.7. The summed E-state index contributed by atoms with van der Waals surface area (Å²) >= 11 is 0. The number of hydrogen-bond donors (Lipinski definition) is 1. The molecule has 3 rings (SSSR count). The molecule has 0 spiro atoms. The molecule has 0 aliphatic heterocycles. The number of halogens is 1. The van der Waals surface area contributed by atoms with Crippen LogP contribution in [0.2, 0.25) is 0 Å². The van der Waals surface area contributed by atoms with Crippen molar-refractivity contribution in [1.82, 2.24) is 4.90 Å². The first kappa shape index (κ1) is 24.7. The third-order valence-electron chi connectivity index (χ3n) is 6.91. The SMILES string of the molecule is CCCCOc1ccc(CCN(C)CC[C@@]2(O)CCc3cc(F)ccc3[C@@H]2C(C)C)cc1. The van der Waals surface area contributed by atoms with Gasteiger partial charge in [0.15, 0.2) is 0 Å². The molecule has 0 aromatic heterocycles. The number of aliphatic hydroxyl groups is 1. The molecule has 32 heavy (non-hydrogen) atoms. The van der Waals surface area contributed by atoms with Gasteiger partial charge in [0, 0.05) is 19.0 Å². The van der Waals surface area contributed by atoms with Crippen LogP contribution in [0.5, 0.6) is 5.75 Å². The third kappa shape index (κ3) is 6.32. The molecule has 0 radical (unpaired) electrons. The summed E-state index contributed by atoms with van der Waals surface area (Å²) < 4.78 is 19.5. The largest absolute Gasteiger partial charge is 0.494 e. The lowest BCUT2D eigenvalue weighted by Crippen LogP contribution is -2.45. The monoisotopic (exact) mass is 441 g/mol. The summed E-state index contributed by atoms with van der Waals surface area (Å²) in [6.07, 6.45) is 5.36. The fourth-order valence-electron chi connectivity index (χ4n) is 5.05. The van der Waals surface area contributed by atoms with Crippen LogP contribution < -0.4 is 4.74 Å². The van der Waals surface area contributed by atoms with Crippen molar-refractivity contribution < 1.29 is 14.2 Å². The van der Waals surface area contributed by atoms with E-state index >= 15 is 0 Å². The highest BCUT2D eigenvalue weighted by Crippen LogP contribution is 2.45. The van der Waals surface area contributed by atoms with Gasteiger partial charge in [-0.25, -0.2) is 4.39 Å². The zero-order chi connectivity index (χ0) is 23.1. The summed E-state index contributed by atoms with van der Waals surface area (Å²) in [5, 5.41) is 11.6. The third-order valence-corrected chi connectivity index (χ3v) is 6.91. The van der Waals surface area contributed by atoms with Gasteiger partial charge in [-0.05, 0) is 86.0 Å². The molecule has 0 amide bonds. The fourth-order valence-corrected chi connectivity index (χ4v) is 5.05. The minimum Gasteiger partial charge on any atom is -0.494 e. The van der Waals surface area contributed by atoms with Crippen molar-refractivity contribution >= 4 is 0 Å². The van der Waals surface area contributed by atoms with E-state index in [1.807, 2.05) is 6.07 Å². The van der Waals surface area contributed by atoms with E-state index in [0.717, 1.165) is 68.7 Å². The van der Waals surface area contributed by atoms with E-state index < -0.39 is 5.60 Å². The number of unbranched alkanes of at least 4 members (excludes halogenated alkanes) is 1. The maximum Gasteiger partial charge on any atom is 0.123 e. The van der Waals surface area contributed by atoms with Gasteiger partial charge in [-0.1, -0.05) is 45.4 Å². The summed E-state index contributed by atoms with van der Waals surface area (Å²) in [4.78, 5) is 2.31. The lowest BCUT2D eigenvalue weighted by Gasteiger charge is -2.44. The molecule has 0 saturated heterocycles. The Labute approximate surface area is 193 Å². The van der Waals surface area contributed by atoms with Gasteiger partial charge in [0.25, 0.3) is 0 Å². The molecule has 1 N–H and O–H groups in total. The number of hydrogen-bond acceptors (Lipinski definition) is 3. The normalized spacial score (nSPS) is 20.6. The highest BCUT2D eigenvalue weighted by atomic mass is 19.1. The van der Waals surface area contributed by atoms with Crippen LogP contribution in [0.3, 0.4) is 0 Å². The smallest absolute Gasteiger partial charge is 0.123 e. The second-order valence-electron chi connectivity index (χ2n) is 9.82. The molecule has 2 aromatic carbocycles. The van der Waals surface area contributed by atoms with Crippen molar-refractivity contribution in [3.8, 4) is 5.75 Å². The average Bonchev–Trinajstić information content (AvgIpc) is 2.77. The Morgan fingerprint density at radius 3 is 2.59 bits per heavy atom. The number of fused-ring (bicyclic) bond motifs is 1. The van der Waals surface area contributed by atoms with E-state index in [9.17, 15) is 9.50 Å². The van der Waals surface area contributed by atoms with Crippen molar-refractivity contribution in [2.45, 2.75) is 70.8 Å². The first-order chi connectivity index (χ1) is 15.3. The Kier molecular flexibility index (Phi) is 8.72. The second-order valence-corrected chi connectivity index (χ2v) is 9.82. The molecule has 1 aliphatic rings. The predicted octanol–water partition coefficient (Wildman–Crippen LogP) is 5.99. The molecule has 0 bridgehead atoms. The molecular formula is C28H40FNO2. The van der Waals surface area contributed by atoms with Gasteiger partial charge in [-0.2, -0.15) is 0 Å². The van der Waals surface area contributed by atoms with E-state index in [4.69, 9.17) is 4.74 Å². The molecular weight excluding hydrogens is 401 g/mol. The quantitative estimate of drug-likeness (QED) is 0.435. The summed E-state index contributed by atoms with van der Waals surface area (Å²) in [5.74, 6) is 1.10. The molecule has 0 heterocycles. The number of aryl methyl sites for hydroxylation is 1. The molecule has 176 valence electrons. The zero-order valence-electron chi connectivity index (χ0n) is 20.2. The highest BCUT2D eigenvalue weighted by molar-refractivity contribution is 5.37. The van der Waals surface area contributed by atoms with Crippen LogP contribution in [0.25, 0.3) is 0 Å². The van der Waals surface area contributed by atoms with Crippen LogP contribution in [0.4, 0.5) is 4.39 Å². The molecule has 4 heteroatoms. The molecule has 1 aliphatic carbocycles. The minimum atomic E-state index is -0.745. The number of rotatable bonds is 11. The van der Waals surface area contributed by atoms with Gasteiger partial charge in [-0.15, -0.1) is 0 Å². The van der Waals surface area contributed by atoms with Crippen molar-refractivity contribution in [2.75, 3.05) is 26.7 Å². The second kappa shape index (κ2) is 11.3. The van der Waals surface area contributed by atoms with Crippen molar-refractivity contribution in [3.63, 3.8) is 0 Å². The first-order valence-electron chi connectivity index (χ1n) is 12.2. The predicted molar refractivity (Wildman–Crippen MR) is 130 cm³/mol. The summed E-state index contributed by atoms with van der Waals surface area (Å²) in [7, 11) is 2.13. The maximum atomic E-state index is 13.7.